The number of benzene rings is 1. The van der Waals surface area contributed by atoms with Crippen molar-refractivity contribution in [1.82, 2.24) is 5.32 Å². The first-order valence-corrected chi connectivity index (χ1v) is 6.70. The summed E-state index contributed by atoms with van der Waals surface area (Å²) in [5.74, 6) is 1.06. The molecular formula is C15H22N2O. The summed E-state index contributed by atoms with van der Waals surface area (Å²) in [5.41, 5.74) is 2.15. The number of anilines is 1. The van der Waals surface area contributed by atoms with Gasteiger partial charge in [-0.15, -0.1) is 0 Å². The Bertz CT molecular complexity index is 428. The fourth-order valence-corrected chi connectivity index (χ4v) is 2.50. The summed E-state index contributed by atoms with van der Waals surface area (Å²) in [7, 11) is 0. The van der Waals surface area contributed by atoms with Crippen LogP contribution in [0.4, 0.5) is 5.69 Å². The number of para-hydroxylation sites is 1. The molecule has 98 valence electrons. The maximum absolute atomic E-state index is 12.2. The van der Waals surface area contributed by atoms with Gasteiger partial charge >= 0.3 is 0 Å². The van der Waals surface area contributed by atoms with Crippen LogP contribution in [0.1, 0.15) is 32.3 Å². The van der Waals surface area contributed by atoms with E-state index in [2.05, 4.69) is 37.5 Å². The molecule has 1 aromatic carbocycles. The summed E-state index contributed by atoms with van der Waals surface area (Å²) in [6.07, 6.45) is 0. The van der Waals surface area contributed by atoms with Crippen molar-refractivity contribution in [3.05, 3.63) is 29.8 Å². The highest BCUT2D eigenvalue weighted by Gasteiger charge is 2.29. The maximum atomic E-state index is 12.2. The van der Waals surface area contributed by atoms with Crippen molar-refractivity contribution in [2.24, 2.45) is 11.8 Å². The van der Waals surface area contributed by atoms with Crippen LogP contribution in [0, 0.1) is 11.8 Å². The van der Waals surface area contributed by atoms with Gasteiger partial charge in [0.05, 0.1) is 5.92 Å². The van der Waals surface area contributed by atoms with Crippen molar-refractivity contribution in [3.8, 4) is 0 Å². The summed E-state index contributed by atoms with van der Waals surface area (Å²) in [5, 5.41) is 6.35. The summed E-state index contributed by atoms with van der Waals surface area (Å²) < 4.78 is 0. The Kier molecular flexibility index (Phi) is 4.02. The van der Waals surface area contributed by atoms with E-state index in [1.165, 1.54) is 5.56 Å². The zero-order valence-electron chi connectivity index (χ0n) is 11.4. The minimum Gasteiger partial charge on any atom is -0.326 e. The third-order valence-electron chi connectivity index (χ3n) is 3.69. The lowest BCUT2D eigenvalue weighted by atomic mass is 9.96. The number of rotatable bonds is 3. The van der Waals surface area contributed by atoms with Crippen molar-refractivity contribution >= 4 is 11.6 Å². The summed E-state index contributed by atoms with van der Waals surface area (Å²) in [4.78, 5) is 12.2. The van der Waals surface area contributed by atoms with E-state index in [-0.39, 0.29) is 11.8 Å². The van der Waals surface area contributed by atoms with Gasteiger partial charge in [0.1, 0.15) is 0 Å². The van der Waals surface area contributed by atoms with Crippen LogP contribution in [0.3, 0.4) is 0 Å². The van der Waals surface area contributed by atoms with Crippen LogP contribution in [-0.2, 0) is 4.79 Å². The number of nitrogens with one attached hydrogen (secondary N) is 2. The highest BCUT2D eigenvalue weighted by molar-refractivity contribution is 5.93. The average molecular weight is 246 g/mol. The Hall–Kier alpha value is -1.35. The van der Waals surface area contributed by atoms with E-state index in [1.807, 2.05) is 18.2 Å². The van der Waals surface area contributed by atoms with Gasteiger partial charge in [0.2, 0.25) is 5.91 Å². The molecule has 0 aromatic heterocycles. The van der Waals surface area contributed by atoms with Crippen molar-refractivity contribution < 1.29 is 4.79 Å². The first kappa shape index (κ1) is 13.1. The molecule has 2 atom stereocenters. The Labute approximate surface area is 109 Å². The molecule has 1 aliphatic heterocycles. The molecule has 0 saturated carbocycles. The van der Waals surface area contributed by atoms with Crippen LogP contribution in [-0.4, -0.2) is 19.0 Å². The molecule has 0 bridgehead atoms. The zero-order valence-corrected chi connectivity index (χ0v) is 11.4. The van der Waals surface area contributed by atoms with E-state index in [0.717, 1.165) is 18.8 Å². The molecule has 0 aliphatic carbocycles. The molecule has 2 rings (SSSR count). The van der Waals surface area contributed by atoms with Crippen molar-refractivity contribution in [2.45, 2.75) is 26.7 Å². The van der Waals surface area contributed by atoms with Crippen LogP contribution in [0.15, 0.2) is 24.3 Å². The lowest BCUT2D eigenvalue weighted by molar-refractivity contribution is -0.120. The van der Waals surface area contributed by atoms with Gasteiger partial charge in [0.25, 0.3) is 0 Å². The molecule has 1 saturated heterocycles. The molecule has 0 radical (unpaired) electrons. The summed E-state index contributed by atoms with van der Waals surface area (Å²) >= 11 is 0. The number of hydrogen-bond acceptors (Lipinski definition) is 2. The molecular weight excluding hydrogens is 224 g/mol. The zero-order chi connectivity index (χ0) is 13.1. The molecule has 1 aromatic rings. The number of amides is 1. The highest BCUT2D eigenvalue weighted by atomic mass is 16.1. The van der Waals surface area contributed by atoms with Crippen LogP contribution in [0.25, 0.3) is 0 Å². The number of carbonyl (C=O) groups is 1. The Morgan fingerprint density at radius 2 is 2.06 bits per heavy atom. The monoisotopic (exact) mass is 246 g/mol. The second kappa shape index (κ2) is 5.53. The van der Waals surface area contributed by atoms with E-state index in [0.29, 0.717) is 11.8 Å². The van der Waals surface area contributed by atoms with E-state index in [4.69, 9.17) is 0 Å². The second-order valence-electron chi connectivity index (χ2n) is 5.47. The van der Waals surface area contributed by atoms with Gasteiger partial charge in [-0.3, -0.25) is 4.79 Å². The van der Waals surface area contributed by atoms with Crippen molar-refractivity contribution in [1.29, 1.82) is 0 Å². The Balaban J connectivity index is 2.11. The molecule has 0 spiro atoms. The van der Waals surface area contributed by atoms with Crippen LogP contribution in [0.2, 0.25) is 0 Å². The average Bonchev–Trinajstić information content (AvgIpc) is 2.76. The third-order valence-corrected chi connectivity index (χ3v) is 3.69. The van der Waals surface area contributed by atoms with Crippen LogP contribution >= 0.6 is 0 Å². The lowest BCUT2D eigenvalue weighted by Crippen LogP contribution is -2.28. The molecule has 2 unspecified atom stereocenters. The van der Waals surface area contributed by atoms with Crippen molar-refractivity contribution in [2.75, 3.05) is 18.4 Å². The molecule has 3 heteroatoms. The van der Waals surface area contributed by atoms with E-state index >= 15 is 0 Å². The Morgan fingerprint density at radius 3 is 2.67 bits per heavy atom. The van der Waals surface area contributed by atoms with E-state index in [9.17, 15) is 4.79 Å². The van der Waals surface area contributed by atoms with E-state index < -0.39 is 0 Å². The van der Waals surface area contributed by atoms with Gasteiger partial charge in [-0.1, -0.05) is 39.0 Å². The smallest absolute Gasteiger partial charge is 0.229 e. The quantitative estimate of drug-likeness (QED) is 0.860. The van der Waals surface area contributed by atoms with Gasteiger partial charge in [-0.25, -0.2) is 0 Å². The van der Waals surface area contributed by atoms with Gasteiger partial charge in [0.15, 0.2) is 0 Å². The van der Waals surface area contributed by atoms with Gasteiger partial charge in [-0.2, -0.15) is 0 Å². The second-order valence-corrected chi connectivity index (χ2v) is 5.47. The van der Waals surface area contributed by atoms with Gasteiger partial charge in [-0.05, 0) is 30.0 Å². The van der Waals surface area contributed by atoms with Gasteiger partial charge < -0.3 is 10.6 Å². The maximum Gasteiger partial charge on any atom is 0.229 e. The van der Waals surface area contributed by atoms with E-state index in [1.54, 1.807) is 0 Å². The van der Waals surface area contributed by atoms with Crippen molar-refractivity contribution in [3.63, 3.8) is 0 Å². The topological polar surface area (TPSA) is 41.1 Å². The first-order chi connectivity index (χ1) is 8.59. The minimum absolute atomic E-state index is 0.0882. The first-order valence-electron chi connectivity index (χ1n) is 6.70. The van der Waals surface area contributed by atoms with Gasteiger partial charge in [0, 0.05) is 12.2 Å². The normalized spacial score (nSPS) is 23.3. The molecule has 1 heterocycles. The Morgan fingerprint density at radius 1 is 1.33 bits per heavy atom. The molecule has 18 heavy (non-hydrogen) atoms. The standard InChI is InChI=1S/C15H22N2O/c1-10(2)12-6-4-5-7-14(12)17-15(18)13-9-16-8-11(13)3/h4-7,10-11,13,16H,8-9H2,1-3H3,(H,17,18). The number of carbonyl (C=O) groups excluding carboxylic acids is 1. The molecule has 1 amide bonds. The SMILES string of the molecule is CC(C)c1ccccc1NC(=O)C1CNCC1C. The number of hydrogen-bond donors (Lipinski definition) is 2. The molecule has 1 aliphatic rings. The summed E-state index contributed by atoms with van der Waals surface area (Å²) in [6, 6.07) is 8.06. The fourth-order valence-electron chi connectivity index (χ4n) is 2.50. The minimum atomic E-state index is 0.0882. The predicted molar refractivity (Wildman–Crippen MR) is 74.7 cm³/mol. The van der Waals surface area contributed by atoms with Crippen LogP contribution < -0.4 is 10.6 Å². The molecule has 1 fully saturated rings. The molecule has 2 N–H and O–H groups in total. The molecule has 3 nitrogen and oxygen atoms in total. The third kappa shape index (κ3) is 2.72. The predicted octanol–water partition coefficient (Wildman–Crippen LogP) is 2.60. The highest BCUT2D eigenvalue weighted by Crippen LogP contribution is 2.25. The summed E-state index contributed by atoms with van der Waals surface area (Å²) in [6.45, 7) is 8.13. The fraction of sp³-hybridized carbons (Fsp3) is 0.533. The largest absolute Gasteiger partial charge is 0.326 e. The van der Waals surface area contributed by atoms with Crippen LogP contribution in [0.5, 0.6) is 0 Å². The lowest BCUT2D eigenvalue weighted by Gasteiger charge is -2.17.